The molecule has 34 heavy (non-hydrogen) atoms. The molecule has 0 spiro atoms. The molecule has 0 aliphatic rings. The van der Waals surface area contributed by atoms with Crippen LogP contribution < -0.4 is 9.47 Å². The zero-order valence-electron chi connectivity index (χ0n) is 21.4. The third kappa shape index (κ3) is 8.46. The summed E-state index contributed by atoms with van der Waals surface area (Å²) < 4.78 is 11.6. The fourth-order valence-electron chi connectivity index (χ4n) is 4.04. The van der Waals surface area contributed by atoms with Gasteiger partial charge in [0.15, 0.2) is 0 Å². The number of ether oxygens (including phenoxy) is 2. The van der Waals surface area contributed by atoms with Crippen molar-refractivity contribution in [3.05, 3.63) is 59.2 Å². The van der Waals surface area contributed by atoms with E-state index in [4.69, 9.17) is 21.1 Å². The zero-order valence-corrected chi connectivity index (χ0v) is 22.1. The normalized spacial score (nSPS) is 13.7. The van der Waals surface area contributed by atoms with E-state index in [-0.39, 0.29) is 24.5 Å². The Bertz CT molecular complexity index is 850. The summed E-state index contributed by atoms with van der Waals surface area (Å²) in [4.78, 5) is 2.29. The lowest BCUT2D eigenvalue weighted by Crippen LogP contribution is -2.36. The van der Waals surface area contributed by atoms with Gasteiger partial charge in [0, 0.05) is 12.0 Å². The van der Waals surface area contributed by atoms with E-state index in [9.17, 15) is 10.2 Å². The lowest BCUT2D eigenvalue weighted by molar-refractivity contribution is 0.0681. The quantitative estimate of drug-likeness (QED) is 0.337. The molecule has 0 amide bonds. The first-order valence-electron chi connectivity index (χ1n) is 12.3. The maximum absolute atomic E-state index is 10.4. The van der Waals surface area contributed by atoms with Gasteiger partial charge in [0.1, 0.15) is 36.9 Å². The van der Waals surface area contributed by atoms with Gasteiger partial charge >= 0.3 is 0 Å². The average molecular weight is 492 g/mol. The van der Waals surface area contributed by atoms with E-state index in [0.29, 0.717) is 6.54 Å². The van der Waals surface area contributed by atoms with Gasteiger partial charge in [-0.05, 0) is 67.7 Å². The van der Waals surface area contributed by atoms with Gasteiger partial charge in [0.2, 0.25) is 0 Å². The van der Waals surface area contributed by atoms with Gasteiger partial charge in [-0.25, -0.2) is 0 Å². The molecule has 0 heterocycles. The monoisotopic (exact) mass is 491 g/mol. The number of hydrogen-bond acceptors (Lipinski definition) is 5. The van der Waals surface area contributed by atoms with Crippen LogP contribution in [-0.2, 0) is 5.41 Å². The minimum absolute atomic E-state index is 0.152. The van der Waals surface area contributed by atoms with Crippen molar-refractivity contribution in [2.45, 2.75) is 65.1 Å². The first-order valence-corrected chi connectivity index (χ1v) is 12.9. The molecule has 2 aromatic carbocycles. The zero-order chi connectivity index (χ0) is 25.1. The van der Waals surface area contributed by atoms with Gasteiger partial charge < -0.3 is 24.6 Å². The second-order valence-corrected chi connectivity index (χ2v) is 9.82. The molecule has 2 rings (SSSR count). The molecule has 0 aliphatic heterocycles. The van der Waals surface area contributed by atoms with Gasteiger partial charge in [0.25, 0.3) is 0 Å². The minimum atomic E-state index is -0.675. The number of benzene rings is 2. The molecule has 2 atom stereocenters. The second-order valence-electron chi connectivity index (χ2n) is 9.51. The Morgan fingerprint density at radius 3 is 2.03 bits per heavy atom. The van der Waals surface area contributed by atoms with Crippen LogP contribution in [0, 0.1) is 6.92 Å². The summed E-state index contributed by atoms with van der Waals surface area (Å²) in [5.41, 5.74) is 3.15. The Kier molecular flexibility index (Phi) is 11.7. The highest BCUT2D eigenvalue weighted by Gasteiger charge is 2.24. The molecule has 6 heteroatoms. The molecule has 0 aromatic heterocycles. The predicted molar refractivity (Wildman–Crippen MR) is 140 cm³/mol. The summed E-state index contributed by atoms with van der Waals surface area (Å²) in [6.07, 6.45) is 0.975. The Balaban J connectivity index is 1.99. The molecule has 5 nitrogen and oxygen atoms in total. The summed E-state index contributed by atoms with van der Waals surface area (Å²) >= 11 is 5.65. The van der Waals surface area contributed by atoms with Crippen molar-refractivity contribution in [3.63, 3.8) is 0 Å². The standard InChI is InChI=1S/C28H42ClNO4/c1-6-14-30(15-7-2)18-25(32)20-33-26-11-8-22(9-12-26)28(4,5)23-10-13-27(21(3)16-23)34-19-24(31)17-29/h8-13,16,24-25,31-32H,6-7,14-15,17-20H2,1-5H3/t24-,25+/m1/s1. The fourth-order valence-corrected chi connectivity index (χ4v) is 4.12. The van der Waals surface area contributed by atoms with Crippen molar-refractivity contribution >= 4 is 11.6 Å². The van der Waals surface area contributed by atoms with Crippen molar-refractivity contribution in [3.8, 4) is 11.5 Å². The molecule has 0 saturated heterocycles. The smallest absolute Gasteiger partial charge is 0.122 e. The fraction of sp³-hybridized carbons (Fsp3) is 0.571. The lowest BCUT2D eigenvalue weighted by Gasteiger charge is -2.27. The highest BCUT2D eigenvalue weighted by Crippen LogP contribution is 2.34. The van der Waals surface area contributed by atoms with E-state index in [2.05, 4.69) is 56.9 Å². The molecule has 0 bridgehead atoms. The van der Waals surface area contributed by atoms with E-state index >= 15 is 0 Å². The molecular weight excluding hydrogens is 450 g/mol. The van der Waals surface area contributed by atoms with Crippen LogP contribution in [0.1, 0.15) is 57.2 Å². The molecule has 190 valence electrons. The molecule has 0 fully saturated rings. The Morgan fingerprint density at radius 2 is 1.47 bits per heavy atom. The van der Waals surface area contributed by atoms with E-state index in [1.807, 2.05) is 25.1 Å². The van der Waals surface area contributed by atoms with Gasteiger partial charge in [-0.1, -0.05) is 52.0 Å². The van der Waals surface area contributed by atoms with E-state index in [1.54, 1.807) is 0 Å². The third-order valence-corrected chi connectivity index (χ3v) is 6.43. The highest BCUT2D eigenvalue weighted by atomic mass is 35.5. The van der Waals surface area contributed by atoms with Crippen LogP contribution in [-0.4, -0.2) is 66.0 Å². The minimum Gasteiger partial charge on any atom is -0.491 e. The van der Waals surface area contributed by atoms with Crippen LogP contribution in [0.2, 0.25) is 0 Å². The molecule has 0 radical (unpaired) electrons. The number of hydrogen-bond donors (Lipinski definition) is 2. The first-order chi connectivity index (χ1) is 16.2. The van der Waals surface area contributed by atoms with Crippen LogP contribution in [0.15, 0.2) is 42.5 Å². The maximum Gasteiger partial charge on any atom is 0.122 e. The van der Waals surface area contributed by atoms with Gasteiger partial charge in [-0.3, -0.25) is 0 Å². The molecule has 0 unspecified atom stereocenters. The molecule has 2 N–H and O–H groups in total. The molecule has 0 aliphatic carbocycles. The molecular formula is C28H42ClNO4. The Labute approximate surface area is 210 Å². The largest absolute Gasteiger partial charge is 0.491 e. The van der Waals surface area contributed by atoms with Crippen molar-refractivity contribution in [1.29, 1.82) is 0 Å². The summed E-state index contributed by atoms with van der Waals surface area (Å²) in [7, 11) is 0. The third-order valence-electron chi connectivity index (χ3n) is 6.07. The van der Waals surface area contributed by atoms with Crippen molar-refractivity contribution in [2.75, 3.05) is 38.7 Å². The van der Waals surface area contributed by atoms with Gasteiger partial charge in [0.05, 0.1) is 5.88 Å². The van der Waals surface area contributed by atoms with Crippen LogP contribution in [0.4, 0.5) is 0 Å². The Hall–Kier alpha value is -1.79. The van der Waals surface area contributed by atoms with E-state index in [0.717, 1.165) is 43.0 Å². The van der Waals surface area contributed by atoms with Gasteiger partial charge in [-0.15, -0.1) is 11.6 Å². The highest BCUT2D eigenvalue weighted by molar-refractivity contribution is 6.18. The maximum atomic E-state index is 10.4. The topological polar surface area (TPSA) is 62.2 Å². The summed E-state index contributed by atoms with van der Waals surface area (Å²) in [6.45, 7) is 13.8. The van der Waals surface area contributed by atoms with Crippen molar-refractivity contribution < 1.29 is 19.7 Å². The van der Waals surface area contributed by atoms with Crippen molar-refractivity contribution in [2.24, 2.45) is 0 Å². The molecule has 2 aromatic rings. The SMILES string of the molecule is CCCN(CCC)C[C@H](O)COc1ccc(C(C)(C)c2ccc(OC[C@H](O)CCl)c(C)c2)cc1. The Morgan fingerprint density at radius 1 is 0.882 bits per heavy atom. The summed E-state index contributed by atoms with van der Waals surface area (Å²) in [6, 6.07) is 14.2. The predicted octanol–water partition coefficient (Wildman–Crippen LogP) is 5.16. The second kappa shape index (κ2) is 13.9. The van der Waals surface area contributed by atoms with Crippen LogP contribution in [0.25, 0.3) is 0 Å². The van der Waals surface area contributed by atoms with Crippen molar-refractivity contribution in [1.82, 2.24) is 4.90 Å². The number of aliphatic hydroxyl groups excluding tert-OH is 2. The van der Waals surface area contributed by atoms with Crippen LogP contribution >= 0.6 is 11.6 Å². The first kappa shape index (κ1) is 28.4. The van der Waals surface area contributed by atoms with E-state index in [1.165, 1.54) is 11.1 Å². The number of halogens is 1. The summed E-state index contributed by atoms with van der Waals surface area (Å²) in [5, 5.41) is 20.0. The number of aryl methyl sites for hydroxylation is 1. The van der Waals surface area contributed by atoms with E-state index < -0.39 is 12.2 Å². The average Bonchev–Trinajstić information content (AvgIpc) is 2.82. The summed E-state index contributed by atoms with van der Waals surface area (Å²) in [5.74, 6) is 1.66. The van der Waals surface area contributed by atoms with Crippen LogP contribution in [0.3, 0.4) is 0 Å². The number of nitrogens with zero attached hydrogens (tertiary/aromatic N) is 1. The lowest BCUT2D eigenvalue weighted by atomic mass is 9.77. The molecule has 0 saturated carbocycles. The van der Waals surface area contributed by atoms with Gasteiger partial charge in [-0.2, -0.15) is 0 Å². The number of aliphatic hydroxyl groups is 2. The number of rotatable bonds is 15. The number of alkyl halides is 1. The van der Waals surface area contributed by atoms with Crippen LogP contribution in [0.5, 0.6) is 11.5 Å².